The van der Waals surface area contributed by atoms with Gasteiger partial charge in [-0.2, -0.15) is 0 Å². The van der Waals surface area contributed by atoms with E-state index in [4.69, 9.17) is 27.9 Å². The number of hydrogen-bond donors (Lipinski definition) is 0. The molecule has 7 heteroatoms. The fourth-order valence-corrected chi connectivity index (χ4v) is 3.35. The first-order valence-electron chi connectivity index (χ1n) is 5.54. The summed E-state index contributed by atoms with van der Waals surface area (Å²) in [6.07, 6.45) is 1.65. The van der Waals surface area contributed by atoms with Crippen LogP contribution in [0.15, 0.2) is 18.3 Å². The molecule has 0 N–H and O–H groups in total. The molecule has 1 aromatic carbocycles. The third kappa shape index (κ3) is 1.98. The van der Waals surface area contributed by atoms with E-state index in [-0.39, 0.29) is 0 Å². The van der Waals surface area contributed by atoms with Gasteiger partial charge in [0.1, 0.15) is 0 Å². The van der Waals surface area contributed by atoms with Gasteiger partial charge in [0.2, 0.25) is 0 Å². The number of rotatable bonds is 2. The highest BCUT2D eigenvalue weighted by Gasteiger charge is 2.16. The first-order chi connectivity index (χ1) is 9.11. The lowest BCUT2D eigenvalue weighted by molar-refractivity contribution is 0.0520. The zero-order chi connectivity index (χ0) is 13.6. The molecular formula is C12H8Cl2N2O2S. The van der Waals surface area contributed by atoms with E-state index in [1.807, 2.05) is 10.5 Å². The van der Waals surface area contributed by atoms with Crippen LogP contribution in [-0.4, -0.2) is 22.0 Å². The number of imidazole rings is 1. The van der Waals surface area contributed by atoms with E-state index in [1.54, 1.807) is 19.2 Å². The molecule has 0 spiro atoms. The second kappa shape index (κ2) is 4.67. The van der Waals surface area contributed by atoms with Crippen molar-refractivity contribution in [2.75, 3.05) is 6.61 Å². The van der Waals surface area contributed by atoms with Gasteiger partial charge >= 0.3 is 5.97 Å². The van der Waals surface area contributed by atoms with E-state index in [2.05, 4.69) is 4.98 Å². The Morgan fingerprint density at radius 3 is 3.00 bits per heavy atom. The summed E-state index contributed by atoms with van der Waals surface area (Å²) in [6, 6.07) is 3.58. The fourth-order valence-electron chi connectivity index (χ4n) is 1.81. The molecule has 0 amide bonds. The van der Waals surface area contributed by atoms with Crippen molar-refractivity contribution in [2.24, 2.45) is 0 Å². The highest BCUT2D eigenvalue weighted by molar-refractivity contribution is 7.24. The van der Waals surface area contributed by atoms with Gasteiger partial charge in [-0.25, -0.2) is 9.78 Å². The molecule has 0 fully saturated rings. The summed E-state index contributed by atoms with van der Waals surface area (Å²) in [5.74, 6) is -0.424. The number of hydrogen-bond acceptors (Lipinski definition) is 4. The number of halogens is 2. The molecule has 2 heterocycles. The van der Waals surface area contributed by atoms with Crippen LogP contribution in [0, 0.1) is 0 Å². The Labute approximate surface area is 122 Å². The van der Waals surface area contributed by atoms with Crippen LogP contribution >= 0.6 is 34.5 Å². The maximum Gasteiger partial charge on any atom is 0.358 e. The van der Waals surface area contributed by atoms with Gasteiger partial charge in [0.05, 0.1) is 26.9 Å². The Hall–Kier alpha value is -1.30. The molecule has 0 atom stereocenters. The van der Waals surface area contributed by atoms with Gasteiger partial charge in [-0.1, -0.05) is 34.5 Å². The van der Waals surface area contributed by atoms with E-state index >= 15 is 0 Å². The Morgan fingerprint density at radius 1 is 1.47 bits per heavy atom. The molecule has 3 rings (SSSR count). The molecular weight excluding hydrogens is 307 g/mol. The zero-order valence-corrected chi connectivity index (χ0v) is 12.1. The number of nitrogens with zero attached hydrogens (tertiary/aromatic N) is 2. The Morgan fingerprint density at radius 2 is 2.26 bits per heavy atom. The minimum atomic E-state index is -0.424. The number of ether oxygens (including phenoxy) is 1. The summed E-state index contributed by atoms with van der Waals surface area (Å²) in [7, 11) is 0. The van der Waals surface area contributed by atoms with Gasteiger partial charge in [0, 0.05) is 6.20 Å². The van der Waals surface area contributed by atoms with Crippen molar-refractivity contribution in [3.05, 3.63) is 34.1 Å². The van der Waals surface area contributed by atoms with Crippen molar-refractivity contribution in [3.8, 4) is 0 Å². The van der Waals surface area contributed by atoms with Crippen molar-refractivity contribution in [1.29, 1.82) is 0 Å². The van der Waals surface area contributed by atoms with Gasteiger partial charge in [-0.3, -0.25) is 4.40 Å². The third-order valence-corrected chi connectivity index (χ3v) is 4.64. The second-order valence-corrected chi connectivity index (χ2v) is 5.57. The van der Waals surface area contributed by atoms with E-state index in [9.17, 15) is 4.79 Å². The number of aromatic nitrogens is 2. The monoisotopic (exact) mass is 314 g/mol. The molecule has 0 unspecified atom stereocenters. The Balaban J connectivity index is 2.21. The smallest absolute Gasteiger partial charge is 0.358 e. The maximum atomic E-state index is 11.6. The van der Waals surface area contributed by atoms with Gasteiger partial charge in [-0.05, 0) is 19.1 Å². The molecule has 0 aliphatic heterocycles. The quantitative estimate of drug-likeness (QED) is 0.671. The number of carbonyl (C=O) groups is 1. The standard InChI is InChI=1S/C12H8Cl2N2O2S/c1-2-18-11(17)7-5-16-8-4-3-6(13)9(14)10(8)19-12(16)15-7/h3-5H,2H2,1H3. The van der Waals surface area contributed by atoms with E-state index in [0.717, 1.165) is 10.2 Å². The van der Waals surface area contributed by atoms with Crippen molar-refractivity contribution in [1.82, 2.24) is 9.38 Å². The fraction of sp³-hybridized carbons (Fsp3) is 0.167. The summed E-state index contributed by atoms with van der Waals surface area (Å²) >= 11 is 13.5. The zero-order valence-electron chi connectivity index (χ0n) is 9.81. The first-order valence-corrected chi connectivity index (χ1v) is 7.11. The number of fused-ring (bicyclic) bond motifs is 3. The highest BCUT2D eigenvalue weighted by Crippen LogP contribution is 2.36. The average Bonchev–Trinajstić information content (AvgIpc) is 2.92. The van der Waals surface area contributed by atoms with Crippen LogP contribution in [0.25, 0.3) is 15.2 Å². The lowest BCUT2D eigenvalue weighted by atomic mass is 10.3. The van der Waals surface area contributed by atoms with Crippen LogP contribution in [0.3, 0.4) is 0 Å². The molecule has 2 aromatic heterocycles. The largest absolute Gasteiger partial charge is 0.461 e. The first kappa shape index (κ1) is 12.7. The van der Waals surface area contributed by atoms with E-state index in [0.29, 0.717) is 27.3 Å². The number of carbonyl (C=O) groups excluding carboxylic acids is 1. The summed E-state index contributed by atoms with van der Waals surface area (Å²) in [4.78, 5) is 16.6. The molecule has 0 saturated heterocycles. The molecule has 0 aliphatic rings. The average molecular weight is 315 g/mol. The van der Waals surface area contributed by atoms with Crippen molar-refractivity contribution in [3.63, 3.8) is 0 Å². The lowest BCUT2D eigenvalue weighted by Crippen LogP contribution is -2.04. The summed E-state index contributed by atoms with van der Waals surface area (Å²) < 4.78 is 7.59. The minimum absolute atomic E-state index is 0.293. The Bertz CT molecular complexity index is 794. The van der Waals surface area contributed by atoms with Gasteiger partial charge in [-0.15, -0.1) is 0 Å². The third-order valence-electron chi connectivity index (χ3n) is 2.64. The van der Waals surface area contributed by atoms with Crippen LogP contribution in [0.4, 0.5) is 0 Å². The van der Waals surface area contributed by atoms with Crippen LogP contribution in [-0.2, 0) is 4.74 Å². The molecule has 19 heavy (non-hydrogen) atoms. The molecule has 0 radical (unpaired) electrons. The predicted octanol–water partition coefficient (Wildman–Crippen LogP) is 4.03. The minimum Gasteiger partial charge on any atom is -0.461 e. The number of thiazole rings is 1. The topological polar surface area (TPSA) is 43.6 Å². The van der Waals surface area contributed by atoms with Crippen molar-refractivity contribution < 1.29 is 9.53 Å². The normalized spacial score (nSPS) is 11.3. The maximum absolute atomic E-state index is 11.6. The Kier molecular flexibility index (Phi) is 3.12. The van der Waals surface area contributed by atoms with Crippen molar-refractivity contribution >= 4 is 55.7 Å². The van der Waals surface area contributed by atoms with Gasteiger partial charge in [0.15, 0.2) is 10.7 Å². The molecule has 0 aliphatic carbocycles. The number of benzene rings is 1. The van der Waals surface area contributed by atoms with Crippen LogP contribution in [0.2, 0.25) is 10.0 Å². The molecule has 0 saturated carbocycles. The van der Waals surface area contributed by atoms with Crippen LogP contribution in [0.1, 0.15) is 17.4 Å². The predicted molar refractivity (Wildman–Crippen MR) is 76.6 cm³/mol. The molecule has 0 bridgehead atoms. The molecule has 4 nitrogen and oxygen atoms in total. The summed E-state index contributed by atoms with van der Waals surface area (Å²) in [5.41, 5.74) is 1.17. The SMILES string of the molecule is CCOC(=O)c1cn2c(n1)sc1c(Cl)c(Cl)ccc12. The van der Waals surface area contributed by atoms with Crippen molar-refractivity contribution in [2.45, 2.75) is 6.92 Å². The molecule has 3 aromatic rings. The molecule has 98 valence electrons. The second-order valence-electron chi connectivity index (χ2n) is 3.81. The highest BCUT2D eigenvalue weighted by atomic mass is 35.5. The van der Waals surface area contributed by atoms with Crippen LogP contribution in [0.5, 0.6) is 0 Å². The van der Waals surface area contributed by atoms with Gasteiger partial charge < -0.3 is 4.74 Å². The lowest BCUT2D eigenvalue weighted by Gasteiger charge is -1.97. The van der Waals surface area contributed by atoms with E-state index in [1.165, 1.54) is 11.3 Å². The summed E-state index contributed by atoms with van der Waals surface area (Å²) in [5, 5.41) is 1.01. The van der Waals surface area contributed by atoms with Gasteiger partial charge in [0.25, 0.3) is 0 Å². The summed E-state index contributed by atoms with van der Waals surface area (Å²) in [6.45, 7) is 2.08. The number of esters is 1. The van der Waals surface area contributed by atoms with Crippen LogP contribution < -0.4 is 0 Å². The van der Waals surface area contributed by atoms with E-state index < -0.39 is 5.97 Å².